The molecule has 0 spiro atoms. The lowest BCUT2D eigenvalue weighted by Gasteiger charge is -2.09. The second kappa shape index (κ2) is 6.14. The Morgan fingerprint density at radius 2 is 1.62 bits per heavy atom. The molecule has 4 aromatic rings. The van der Waals surface area contributed by atoms with Crippen LogP contribution in [0.5, 0.6) is 0 Å². The number of fused-ring (bicyclic) bond motifs is 1. The van der Waals surface area contributed by atoms with Gasteiger partial charge in [0.1, 0.15) is 5.82 Å². The van der Waals surface area contributed by atoms with Gasteiger partial charge >= 0.3 is 6.18 Å². The number of nitrogens with zero attached hydrogens (tertiary/aromatic N) is 2. The summed E-state index contributed by atoms with van der Waals surface area (Å²) in [5.41, 5.74) is 2.70. The van der Waals surface area contributed by atoms with Crippen molar-refractivity contribution < 1.29 is 13.2 Å². The average Bonchev–Trinajstić information content (AvgIpc) is 3.05. The number of aromatic nitrogens is 3. The van der Waals surface area contributed by atoms with Gasteiger partial charge in [-0.1, -0.05) is 48.0 Å². The Bertz CT molecular complexity index is 1050. The van der Waals surface area contributed by atoms with Crippen molar-refractivity contribution in [3.05, 3.63) is 71.4 Å². The van der Waals surface area contributed by atoms with Crippen LogP contribution in [0.4, 0.5) is 13.2 Å². The number of H-pyrrole nitrogens is 1. The normalized spacial score (nSPS) is 11.8. The molecule has 0 aliphatic rings. The van der Waals surface area contributed by atoms with Crippen molar-refractivity contribution in [2.24, 2.45) is 0 Å². The highest BCUT2D eigenvalue weighted by molar-refractivity contribution is 6.33. The average molecular weight is 374 g/mol. The van der Waals surface area contributed by atoms with E-state index in [4.69, 9.17) is 11.6 Å². The van der Waals surface area contributed by atoms with Crippen LogP contribution >= 0.6 is 11.6 Å². The van der Waals surface area contributed by atoms with E-state index in [1.165, 1.54) is 0 Å². The van der Waals surface area contributed by atoms with Crippen LogP contribution in [0.1, 0.15) is 5.56 Å². The van der Waals surface area contributed by atoms with E-state index in [2.05, 4.69) is 15.0 Å². The summed E-state index contributed by atoms with van der Waals surface area (Å²) in [7, 11) is 0. The molecule has 0 atom stereocenters. The molecule has 2 aromatic carbocycles. The largest absolute Gasteiger partial charge is 0.417 e. The van der Waals surface area contributed by atoms with Crippen molar-refractivity contribution >= 4 is 22.6 Å². The van der Waals surface area contributed by atoms with Gasteiger partial charge in [0.05, 0.1) is 27.3 Å². The summed E-state index contributed by atoms with van der Waals surface area (Å²) in [5.74, 6) is 0.712. The lowest BCUT2D eigenvalue weighted by molar-refractivity contribution is -0.137. The molecule has 26 heavy (non-hydrogen) atoms. The number of para-hydroxylation sites is 2. The van der Waals surface area contributed by atoms with Crippen LogP contribution in [0.2, 0.25) is 5.02 Å². The van der Waals surface area contributed by atoms with E-state index in [1.807, 2.05) is 36.4 Å². The summed E-state index contributed by atoms with van der Waals surface area (Å²) < 4.78 is 38.2. The number of halogens is 4. The molecule has 0 amide bonds. The Hall–Kier alpha value is -2.86. The molecule has 7 heteroatoms. The highest BCUT2D eigenvalue weighted by Gasteiger charge is 2.31. The molecular weight excluding hydrogens is 363 g/mol. The maximum atomic E-state index is 12.7. The minimum atomic E-state index is -4.47. The van der Waals surface area contributed by atoms with Crippen LogP contribution in [0, 0.1) is 0 Å². The molecule has 2 aromatic heterocycles. The third kappa shape index (κ3) is 3.04. The SMILES string of the molecule is FC(F)(F)c1cnc(-c2ccc(-c3nc4ccccc4[nH]3)cc2)c(Cl)c1. The molecule has 0 bridgehead atoms. The second-order valence-electron chi connectivity index (χ2n) is 5.73. The Balaban J connectivity index is 1.67. The van der Waals surface area contributed by atoms with Crippen molar-refractivity contribution in [3.8, 4) is 22.6 Å². The van der Waals surface area contributed by atoms with Crippen molar-refractivity contribution in [2.45, 2.75) is 6.18 Å². The van der Waals surface area contributed by atoms with Gasteiger partial charge in [0.25, 0.3) is 0 Å². The highest BCUT2D eigenvalue weighted by Crippen LogP contribution is 2.34. The van der Waals surface area contributed by atoms with Gasteiger partial charge in [0.15, 0.2) is 0 Å². The van der Waals surface area contributed by atoms with E-state index in [-0.39, 0.29) is 5.02 Å². The fourth-order valence-corrected chi connectivity index (χ4v) is 2.96. The molecule has 0 saturated heterocycles. The number of alkyl halides is 3. The molecule has 4 rings (SSSR count). The molecule has 0 saturated carbocycles. The predicted octanol–water partition coefficient (Wildman–Crippen LogP) is 5.96. The fraction of sp³-hybridized carbons (Fsp3) is 0.0526. The number of hydrogen-bond acceptors (Lipinski definition) is 2. The number of aromatic amines is 1. The van der Waals surface area contributed by atoms with E-state index in [1.54, 1.807) is 12.1 Å². The van der Waals surface area contributed by atoms with Crippen LogP contribution in [-0.4, -0.2) is 15.0 Å². The Morgan fingerprint density at radius 1 is 0.923 bits per heavy atom. The Morgan fingerprint density at radius 3 is 2.27 bits per heavy atom. The van der Waals surface area contributed by atoms with Gasteiger partial charge < -0.3 is 4.98 Å². The fourth-order valence-electron chi connectivity index (χ4n) is 2.68. The maximum absolute atomic E-state index is 12.7. The molecule has 0 aliphatic carbocycles. The standard InChI is InChI=1S/C19H11ClF3N3/c20-14-9-13(19(21,22)23)10-24-17(14)11-5-7-12(8-6-11)18-25-15-3-1-2-4-16(15)26-18/h1-10H,(H,25,26). The minimum Gasteiger partial charge on any atom is -0.338 e. The summed E-state index contributed by atoms with van der Waals surface area (Å²) in [4.78, 5) is 11.6. The molecule has 3 nitrogen and oxygen atoms in total. The van der Waals surface area contributed by atoms with Gasteiger partial charge in [-0.3, -0.25) is 4.98 Å². The zero-order valence-electron chi connectivity index (χ0n) is 13.2. The van der Waals surface area contributed by atoms with Crippen LogP contribution in [-0.2, 0) is 6.18 Å². The van der Waals surface area contributed by atoms with Gasteiger partial charge in [-0.05, 0) is 18.2 Å². The summed E-state index contributed by atoms with van der Waals surface area (Å²) in [6, 6.07) is 15.7. The summed E-state index contributed by atoms with van der Waals surface area (Å²) >= 11 is 6.00. The van der Waals surface area contributed by atoms with Crippen molar-refractivity contribution in [3.63, 3.8) is 0 Å². The van der Waals surface area contributed by atoms with Crippen molar-refractivity contribution in [1.29, 1.82) is 0 Å². The van der Waals surface area contributed by atoms with Crippen LogP contribution in [0.15, 0.2) is 60.8 Å². The molecule has 130 valence electrons. The predicted molar refractivity (Wildman–Crippen MR) is 94.8 cm³/mol. The van der Waals surface area contributed by atoms with Crippen LogP contribution < -0.4 is 0 Å². The molecule has 0 fully saturated rings. The number of rotatable bonds is 2. The van der Waals surface area contributed by atoms with Gasteiger partial charge in [0, 0.05) is 17.3 Å². The van der Waals surface area contributed by atoms with E-state index >= 15 is 0 Å². The smallest absolute Gasteiger partial charge is 0.338 e. The van der Waals surface area contributed by atoms with Gasteiger partial charge in [-0.15, -0.1) is 0 Å². The monoisotopic (exact) mass is 373 g/mol. The first-order chi connectivity index (χ1) is 12.4. The quantitative estimate of drug-likeness (QED) is 0.470. The Labute approximate surface area is 151 Å². The zero-order chi connectivity index (χ0) is 18.3. The zero-order valence-corrected chi connectivity index (χ0v) is 13.9. The molecule has 0 radical (unpaired) electrons. The molecular formula is C19H11ClF3N3. The summed E-state index contributed by atoms with van der Waals surface area (Å²) in [6.07, 6.45) is -3.69. The third-order valence-electron chi connectivity index (χ3n) is 3.99. The molecule has 2 heterocycles. The number of nitrogens with one attached hydrogen (secondary N) is 1. The number of imidazole rings is 1. The first kappa shape index (κ1) is 16.6. The van der Waals surface area contributed by atoms with Crippen molar-refractivity contribution in [2.75, 3.05) is 0 Å². The summed E-state index contributed by atoms with van der Waals surface area (Å²) in [5, 5.41) is -0.0451. The van der Waals surface area contributed by atoms with Crippen LogP contribution in [0.25, 0.3) is 33.7 Å². The molecule has 1 N–H and O–H groups in total. The van der Waals surface area contributed by atoms with E-state index in [9.17, 15) is 13.2 Å². The maximum Gasteiger partial charge on any atom is 0.417 e. The minimum absolute atomic E-state index is 0.0451. The van der Waals surface area contributed by atoms with Gasteiger partial charge in [0.2, 0.25) is 0 Å². The van der Waals surface area contributed by atoms with Crippen molar-refractivity contribution in [1.82, 2.24) is 15.0 Å². The van der Waals surface area contributed by atoms with E-state index < -0.39 is 11.7 Å². The molecule has 0 unspecified atom stereocenters. The number of pyridine rings is 1. The second-order valence-corrected chi connectivity index (χ2v) is 6.14. The molecule has 0 aliphatic heterocycles. The first-order valence-electron chi connectivity index (χ1n) is 7.70. The van der Waals surface area contributed by atoms with Crippen LogP contribution in [0.3, 0.4) is 0 Å². The van der Waals surface area contributed by atoms with Gasteiger partial charge in [-0.2, -0.15) is 13.2 Å². The highest BCUT2D eigenvalue weighted by atomic mass is 35.5. The first-order valence-corrected chi connectivity index (χ1v) is 8.08. The lowest BCUT2D eigenvalue weighted by Crippen LogP contribution is -2.05. The summed E-state index contributed by atoms with van der Waals surface area (Å²) in [6.45, 7) is 0. The topological polar surface area (TPSA) is 41.6 Å². The Kier molecular flexibility index (Phi) is 3.92. The number of benzene rings is 2. The van der Waals surface area contributed by atoms with E-state index in [0.29, 0.717) is 17.1 Å². The van der Waals surface area contributed by atoms with E-state index in [0.717, 1.165) is 28.9 Å². The lowest BCUT2D eigenvalue weighted by atomic mass is 10.1. The third-order valence-corrected chi connectivity index (χ3v) is 4.28. The van der Waals surface area contributed by atoms with Gasteiger partial charge in [-0.25, -0.2) is 4.98 Å². The number of hydrogen-bond donors (Lipinski definition) is 1.